The van der Waals surface area contributed by atoms with Gasteiger partial charge in [0.25, 0.3) is 5.91 Å². The molecule has 2 rings (SSSR count). The van der Waals surface area contributed by atoms with Gasteiger partial charge in [-0.1, -0.05) is 6.92 Å². The third-order valence-electron chi connectivity index (χ3n) is 2.99. The summed E-state index contributed by atoms with van der Waals surface area (Å²) in [6.45, 7) is 6.18. The molecule has 0 radical (unpaired) electrons. The Morgan fingerprint density at radius 2 is 2.10 bits per heavy atom. The van der Waals surface area contributed by atoms with Gasteiger partial charge in [0.1, 0.15) is 12.2 Å². The van der Waals surface area contributed by atoms with E-state index < -0.39 is 0 Å². The van der Waals surface area contributed by atoms with Crippen molar-refractivity contribution in [3.8, 4) is 0 Å². The fourth-order valence-electron chi connectivity index (χ4n) is 1.97. The molecule has 1 N–H and O–H groups in total. The van der Waals surface area contributed by atoms with Crippen molar-refractivity contribution < 1.29 is 9.59 Å². The van der Waals surface area contributed by atoms with E-state index >= 15 is 0 Å². The number of carbonyl (C=O) groups excluding carboxylic acids is 2. The molecule has 7 heteroatoms. The molecule has 0 aromatic carbocycles. The van der Waals surface area contributed by atoms with Gasteiger partial charge in [-0.25, -0.2) is 9.67 Å². The maximum Gasteiger partial charge on any atom is 0.261 e. The lowest BCUT2D eigenvalue weighted by Crippen LogP contribution is -2.28. The Hall–Kier alpha value is -2.02. The first kappa shape index (κ1) is 15.4. The third kappa shape index (κ3) is 3.55. The van der Waals surface area contributed by atoms with E-state index in [4.69, 9.17) is 0 Å². The van der Waals surface area contributed by atoms with Gasteiger partial charge < -0.3 is 5.32 Å². The maximum absolute atomic E-state index is 12.2. The lowest BCUT2D eigenvalue weighted by atomic mass is 10.3. The second-order valence-corrected chi connectivity index (χ2v) is 5.84. The molecule has 0 aliphatic carbocycles. The maximum atomic E-state index is 12.2. The molecule has 21 heavy (non-hydrogen) atoms. The third-order valence-corrected chi connectivity index (χ3v) is 4.18. The Morgan fingerprint density at radius 3 is 2.71 bits per heavy atom. The normalized spacial score (nSPS) is 12.1. The van der Waals surface area contributed by atoms with Crippen LogP contribution in [0, 0.1) is 0 Å². The van der Waals surface area contributed by atoms with Crippen molar-refractivity contribution in [1.82, 2.24) is 20.1 Å². The minimum Gasteiger partial charge on any atom is -0.342 e. The van der Waals surface area contributed by atoms with E-state index in [1.54, 1.807) is 16.8 Å². The highest BCUT2D eigenvalue weighted by Gasteiger charge is 2.18. The Labute approximate surface area is 127 Å². The Morgan fingerprint density at radius 1 is 1.38 bits per heavy atom. The van der Waals surface area contributed by atoms with Crippen LogP contribution in [0.4, 0.5) is 0 Å². The highest BCUT2D eigenvalue weighted by atomic mass is 32.1. The average molecular weight is 306 g/mol. The molecule has 2 heterocycles. The van der Waals surface area contributed by atoms with Crippen LogP contribution < -0.4 is 5.32 Å². The quantitative estimate of drug-likeness (QED) is 0.832. The fourth-order valence-corrected chi connectivity index (χ4v) is 2.78. The number of carbonyl (C=O) groups is 2. The second-order valence-electron chi connectivity index (χ2n) is 4.76. The Kier molecular flexibility index (Phi) is 4.85. The van der Waals surface area contributed by atoms with Crippen LogP contribution in [-0.4, -0.2) is 26.5 Å². The van der Waals surface area contributed by atoms with Crippen LogP contribution in [-0.2, 0) is 6.54 Å². The van der Waals surface area contributed by atoms with E-state index in [0.717, 1.165) is 18.8 Å². The van der Waals surface area contributed by atoms with Crippen LogP contribution in [0.2, 0.25) is 0 Å². The van der Waals surface area contributed by atoms with Crippen molar-refractivity contribution >= 4 is 23.0 Å². The first-order chi connectivity index (χ1) is 10.0. The Bertz CT molecular complexity index is 647. The van der Waals surface area contributed by atoms with Crippen molar-refractivity contribution in [1.29, 1.82) is 0 Å². The number of hydrogen-bond donors (Lipinski definition) is 1. The largest absolute Gasteiger partial charge is 0.342 e. The minimum atomic E-state index is -0.241. The van der Waals surface area contributed by atoms with Crippen LogP contribution in [0.5, 0.6) is 0 Å². The zero-order valence-corrected chi connectivity index (χ0v) is 13.1. The summed E-state index contributed by atoms with van der Waals surface area (Å²) in [7, 11) is 0. The monoisotopic (exact) mass is 306 g/mol. The number of Topliss-reactive ketones (excluding diaryl/α,β-unsaturated/α-hetero) is 1. The number of amides is 1. The topological polar surface area (TPSA) is 76.9 Å². The molecular weight excluding hydrogens is 288 g/mol. The summed E-state index contributed by atoms with van der Waals surface area (Å²) in [4.78, 5) is 28.8. The standard InChI is InChI=1S/C14H18N4O2S/c1-4-7-18-13(15-8-16-18)9(2)17-14(20)12-6-5-11(21-12)10(3)19/h5-6,8-9H,4,7H2,1-3H3,(H,17,20)/t9-/m0/s1. The molecule has 6 nitrogen and oxygen atoms in total. The highest BCUT2D eigenvalue weighted by molar-refractivity contribution is 7.15. The summed E-state index contributed by atoms with van der Waals surface area (Å²) in [5, 5.41) is 7.03. The van der Waals surface area contributed by atoms with Crippen molar-refractivity contribution in [2.75, 3.05) is 0 Å². The molecule has 1 amide bonds. The van der Waals surface area contributed by atoms with E-state index in [-0.39, 0.29) is 17.7 Å². The smallest absolute Gasteiger partial charge is 0.261 e. The first-order valence-electron chi connectivity index (χ1n) is 6.82. The van der Waals surface area contributed by atoms with Crippen molar-refractivity contribution in [3.63, 3.8) is 0 Å². The zero-order chi connectivity index (χ0) is 15.4. The molecule has 0 aliphatic heterocycles. The molecule has 0 aliphatic rings. The molecule has 0 unspecified atom stereocenters. The van der Waals surface area contributed by atoms with Crippen molar-refractivity contribution in [3.05, 3.63) is 34.0 Å². The molecule has 2 aromatic rings. The summed E-state index contributed by atoms with van der Waals surface area (Å²) in [5.41, 5.74) is 0. The van der Waals surface area contributed by atoms with Gasteiger partial charge in [-0.05, 0) is 32.4 Å². The van der Waals surface area contributed by atoms with E-state index in [9.17, 15) is 9.59 Å². The van der Waals surface area contributed by atoms with Gasteiger partial charge in [0.2, 0.25) is 0 Å². The molecule has 1 atom stereocenters. The van der Waals surface area contributed by atoms with Crippen LogP contribution in [0.1, 0.15) is 58.4 Å². The van der Waals surface area contributed by atoms with Crippen molar-refractivity contribution in [2.24, 2.45) is 0 Å². The fraction of sp³-hybridized carbons (Fsp3) is 0.429. The summed E-state index contributed by atoms with van der Waals surface area (Å²) >= 11 is 1.20. The molecule has 0 saturated carbocycles. The Balaban J connectivity index is 2.07. The average Bonchev–Trinajstić information content (AvgIpc) is 3.07. The first-order valence-corrected chi connectivity index (χ1v) is 7.64. The van der Waals surface area contributed by atoms with Gasteiger partial charge in [-0.3, -0.25) is 9.59 Å². The second kappa shape index (κ2) is 6.62. The number of ketones is 1. The van der Waals surface area contributed by atoms with Gasteiger partial charge in [-0.15, -0.1) is 11.3 Å². The van der Waals surface area contributed by atoms with Crippen molar-refractivity contribution in [2.45, 2.75) is 39.8 Å². The van der Waals surface area contributed by atoms with Crippen LogP contribution in [0.25, 0.3) is 0 Å². The van der Waals surface area contributed by atoms with E-state index in [1.165, 1.54) is 24.6 Å². The number of thiophene rings is 1. The number of rotatable bonds is 6. The van der Waals surface area contributed by atoms with Gasteiger partial charge in [-0.2, -0.15) is 5.10 Å². The van der Waals surface area contributed by atoms with Crippen LogP contribution >= 0.6 is 11.3 Å². The number of aromatic nitrogens is 3. The lowest BCUT2D eigenvalue weighted by Gasteiger charge is -2.13. The van der Waals surface area contributed by atoms with Gasteiger partial charge in [0, 0.05) is 6.54 Å². The van der Waals surface area contributed by atoms with Crippen LogP contribution in [0.15, 0.2) is 18.5 Å². The molecule has 0 fully saturated rings. The molecular formula is C14H18N4O2S. The molecule has 0 spiro atoms. The van der Waals surface area contributed by atoms with Gasteiger partial charge in [0.15, 0.2) is 5.78 Å². The number of nitrogens with zero attached hydrogens (tertiary/aromatic N) is 3. The van der Waals surface area contributed by atoms with E-state index in [2.05, 4.69) is 22.3 Å². The van der Waals surface area contributed by atoms with Crippen LogP contribution in [0.3, 0.4) is 0 Å². The number of aryl methyl sites for hydroxylation is 1. The summed E-state index contributed by atoms with van der Waals surface area (Å²) < 4.78 is 1.79. The minimum absolute atomic E-state index is 0.0326. The van der Waals surface area contributed by atoms with E-state index in [0.29, 0.717) is 9.75 Å². The molecule has 0 bridgehead atoms. The predicted molar refractivity (Wildman–Crippen MR) is 80.5 cm³/mol. The summed E-state index contributed by atoms with van der Waals surface area (Å²) in [6.07, 6.45) is 2.44. The zero-order valence-electron chi connectivity index (χ0n) is 12.3. The summed E-state index contributed by atoms with van der Waals surface area (Å²) in [6, 6.07) is 3.10. The van der Waals surface area contributed by atoms with Gasteiger partial charge >= 0.3 is 0 Å². The molecule has 2 aromatic heterocycles. The highest BCUT2D eigenvalue weighted by Crippen LogP contribution is 2.18. The SMILES string of the molecule is CCCn1ncnc1[C@H](C)NC(=O)c1ccc(C(C)=O)s1. The molecule has 0 saturated heterocycles. The predicted octanol–water partition coefficient (Wildman–Crippen LogP) is 2.44. The van der Waals surface area contributed by atoms with Gasteiger partial charge in [0.05, 0.1) is 15.8 Å². The molecule has 112 valence electrons. The number of hydrogen-bond acceptors (Lipinski definition) is 5. The summed E-state index contributed by atoms with van der Waals surface area (Å²) in [5.74, 6) is 0.495. The number of nitrogens with one attached hydrogen (secondary N) is 1. The van der Waals surface area contributed by atoms with E-state index in [1.807, 2.05) is 6.92 Å². The lowest BCUT2D eigenvalue weighted by molar-refractivity contribution is 0.0941.